The van der Waals surface area contributed by atoms with E-state index < -0.39 is 0 Å². The Labute approximate surface area is 103 Å². The van der Waals surface area contributed by atoms with Crippen LogP contribution in [0.5, 0.6) is 0 Å². The first kappa shape index (κ1) is 12.3. The maximum absolute atomic E-state index is 5.51. The van der Waals surface area contributed by atoms with E-state index in [0.29, 0.717) is 6.54 Å². The fraction of sp³-hybridized carbons (Fsp3) is 0.667. The third-order valence-corrected chi connectivity index (χ3v) is 3.13. The minimum Gasteiger partial charge on any atom is -0.339 e. The van der Waals surface area contributed by atoms with Crippen molar-refractivity contribution in [1.29, 1.82) is 0 Å². The van der Waals surface area contributed by atoms with Crippen molar-refractivity contribution < 1.29 is 0 Å². The van der Waals surface area contributed by atoms with E-state index in [0.717, 1.165) is 44.1 Å². The molecule has 2 rings (SSSR count). The van der Waals surface area contributed by atoms with Crippen molar-refractivity contribution in [3.63, 3.8) is 0 Å². The van der Waals surface area contributed by atoms with Crippen LogP contribution in [0.15, 0.2) is 12.4 Å². The van der Waals surface area contributed by atoms with Gasteiger partial charge in [0.2, 0.25) is 5.95 Å². The van der Waals surface area contributed by atoms with Gasteiger partial charge in [-0.05, 0) is 38.5 Å². The Morgan fingerprint density at radius 1 is 1.18 bits per heavy atom. The van der Waals surface area contributed by atoms with Gasteiger partial charge in [-0.3, -0.25) is 0 Å². The fourth-order valence-electron chi connectivity index (χ4n) is 2.05. The van der Waals surface area contributed by atoms with Gasteiger partial charge in [-0.1, -0.05) is 0 Å². The van der Waals surface area contributed by atoms with E-state index >= 15 is 0 Å². The van der Waals surface area contributed by atoms with Gasteiger partial charge in [-0.25, -0.2) is 9.97 Å². The van der Waals surface area contributed by atoms with E-state index in [1.807, 2.05) is 12.4 Å². The van der Waals surface area contributed by atoms with E-state index in [-0.39, 0.29) is 0 Å². The highest BCUT2D eigenvalue weighted by Gasteiger charge is 2.14. The molecule has 0 amide bonds. The lowest BCUT2D eigenvalue weighted by atomic mass is 10.2. The Morgan fingerprint density at radius 2 is 1.94 bits per heavy atom. The summed E-state index contributed by atoms with van der Waals surface area (Å²) in [4.78, 5) is 13.5. The van der Waals surface area contributed by atoms with Crippen LogP contribution in [-0.2, 0) is 6.42 Å². The molecule has 5 heteroatoms. The zero-order chi connectivity index (χ0) is 12.1. The normalized spacial score (nSPS) is 18.1. The summed E-state index contributed by atoms with van der Waals surface area (Å²) in [5.74, 6) is 0.848. The van der Waals surface area contributed by atoms with Gasteiger partial charge in [0.15, 0.2) is 0 Å². The topological polar surface area (TPSA) is 58.3 Å². The van der Waals surface area contributed by atoms with Gasteiger partial charge >= 0.3 is 0 Å². The second-order valence-corrected chi connectivity index (χ2v) is 4.57. The molecule has 0 atom stereocenters. The van der Waals surface area contributed by atoms with Gasteiger partial charge in [0.1, 0.15) is 0 Å². The van der Waals surface area contributed by atoms with Crippen molar-refractivity contribution in [3.8, 4) is 0 Å². The summed E-state index contributed by atoms with van der Waals surface area (Å²) in [6.07, 6.45) is 5.81. The number of nitrogens with two attached hydrogens (primary N) is 1. The Balaban J connectivity index is 2.00. The molecule has 5 nitrogen and oxygen atoms in total. The fourth-order valence-corrected chi connectivity index (χ4v) is 2.05. The molecule has 1 aliphatic rings. The van der Waals surface area contributed by atoms with E-state index in [1.54, 1.807) is 0 Å². The van der Waals surface area contributed by atoms with Crippen molar-refractivity contribution >= 4 is 5.95 Å². The SMILES string of the molecule is CN1CCCN(c2ncc(CCN)cn2)CC1. The number of rotatable bonds is 3. The highest BCUT2D eigenvalue weighted by molar-refractivity contribution is 5.30. The van der Waals surface area contributed by atoms with Crippen molar-refractivity contribution in [2.24, 2.45) is 5.73 Å². The molecule has 0 spiro atoms. The van der Waals surface area contributed by atoms with Crippen LogP contribution in [0.4, 0.5) is 5.95 Å². The third-order valence-electron chi connectivity index (χ3n) is 3.13. The molecule has 2 heterocycles. The standard InChI is InChI=1S/C12H21N5/c1-16-5-2-6-17(8-7-16)12-14-9-11(3-4-13)10-15-12/h9-10H,2-8,13H2,1H3. The van der Waals surface area contributed by atoms with Crippen LogP contribution in [0.2, 0.25) is 0 Å². The predicted octanol–water partition coefficient (Wildman–Crippen LogP) is 0.120. The molecule has 0 aromatic carbocycles. The van der Waals surface area contributed by atoms with Gasteiger partial charge in [0.05, 0.1) is 0 Å². The minimum absolute atomic E-state index is 0.650. The summed E-state index contributed by atoms with van der Waals surface area (Å²) in [6, 6.07) is 0. The predicted molar refractivity (Wildman–Crippen MR) is 69.1 cm³/mol. The number of hydrogen-bond acceptors (Lipinski definition) is 5. The average Bonchev–Trinajstić information content (AvgIpc) is 2.56. The van der Waals surface area contributed by atoms with Gasteiger partial charge in [0.25, 0.3) is 0 Å². The molecule has 1 fully saturated rings. The molecule has 1 aliphatic heterocycles. The van der Waals surface area contributed by atoms with Crippen LogP contribution in [0.25, 0.3) is 0 Å². The molecule has 94 valence electrons. The first-order valence-electron chi connectivity index (χ1n) is 6.24. The zero-order valence-electron chi connectivity index (χ0n) is 10.5. The molecule has 0 radical (unpaired) electrons. The first-order chi connectivity index (χ1) is 8.29. The summed E-state index contributed by atoms with van der Waals surface area (Å²) >= 11 is 0. The first-order valence-corrected chi connectivity index (χ1v) is 6.24. The third kappa shape index (κ3) is 3.38. The summed E-state index contributed by atoms with van der Waals surface area (Å²) < 4.78 is 0. The van der Waals surface area contributed by atoms with E-state index in [4.69, 9.17) is 5.73 Å². The second kappa shape index (κ2) is 5.93. The molecule has 1 saturated heterocycles. The van der Waals surface area contributed by atoms with E-state index in [2.05, 4.69) is 26.8 Å². The van der Waals surface area contributed by atoms with Crippen molar-refractivity contribution in [1.82, 2.24) is 14.9 Å². The summed E-state index contributed by atoms with van der Waals surface area (Å²) in [5, 5.41) is 0. The Morgan fingerprint density at radius 3 is 2.65 bits per heavy atom. The van der Waals surface area contributed by atoms with Gasteiger partial charge in [-0.2, -0.15) is 0 Å². The zero-order valence-corrected chi connectivity index (χ0v) is 10.5. The maximum atomic E-state index is 5.51. The van der Waals surface area contributed by atoms with Crippen molar-refractivity contribution in [2.75, 3.05) is 44.7 Å². The average molecular weight is 235 g/mol. The Kier molecular flexibility index (Phi) is 4.28. The molecule has 1 aromatic heterocycles. The van der Waals surface area contributed by atoms with E-state index in [1.165, 1.54) is 6.42 Å². The summed E-state index contributed by atoms with van der Waals surface area (Å²) in [6.45, 7) is 4.93. The molecular formula is C12H21N5. The smallest absolute Gasteiger partial charge is 0.225 e. The number of aromatic nitrogens is 2. The van der Waals surface area contributed by atoms with E-state index in [9.17, 15) is 0 Å². The number of anilines is 1. The molecule has 17 heavy (non-hydrogen) atoms. The molecule has 0 saturated carbocycles. The Hall–Kier alpha value is -1.20. The maximum Gasteiger partial charge on any atom is 0.225 e. The molecule has 2 N–H and O–H groups in total. The van der Waals surface area contributed by atoms with Crippen LogP contribution in [-0.4, -0.2) is 54.6 Å². The van der Waals surface area contributed by atoms with Crippen molar-refractivity contribution in [3.05, 3.63) is 18.0 Å². The number of likely N-dealkylation sites (N-methyl/N-ethyl adjacent to an activating group) is 1. The number of hydrogen-bond donors (Lipinski definition) is 1. The summed E-state index contributed by atoms with van der Waals surface area (Å²) in [5.41, 5.74) is 6.62. The second-order valence-electron chi connectivity index (χ2n) is 4.57. The lowest BCUT2D eigenvalue weighted by Gasteiger charge is -2.20. The van der Waals surface area contributed by atoms with Crippen LogP contribution in [0.1, 0.15) is 12.0 Å². The van der Waals surface area contributed by atoms with Crippen molar-refractivity contribution in [2.45, 2.75) is 12.8 Å². The van der Waals surface area contributed by atoms with Crippen LogP contribution >= 0.6 is 0 Å². The Bertz CT molecular complexity index is 337. The molecule has 0 aliphatic carbocycles. The van der Waals surface area contributed by atoms with Crippen LogP contribution in [0.3, 0.4) is 0 Å². The quantitative estimate of drug-likeness (QED) is 0.806. The summed E-state index contributed by atoms with van der Waals surface area (Å²) in [7, 11) is 2.16. The monoisotopic (exact) mass is 235 g/mol. The lowest BCUT2D eigenvalue weighted by molar-refractivity contribution is 0.360. The molecular weight excluding hydrogens is 214 g/mol. The molecule has 1 aromatic rings. The van der Waals surface area contributed by atoms with Crippen LogP contribution in [0, 0.1) is 0 Å². The molecule has 0 bridgehead atoms. The van der Waals surface area contributed by atoms with Gasteiger partial charge in [0, 0.05) is 32.0 Å². The van der Waals surface area contributed by atoms with Gasteiger partial charge < -0.3 is 15.5 Å². The largest absolute Gasteiger partial charge is 0.339 e. The highest BCUT2D eigenvalue weighted by atomic mass is 15.3. The number of nitrogens with zero attached hydrogens (tertiary/aromatic N) is 4. The highest BCUT2D eigenvalue weighted by Crippen LogP contribution is 2.10. The molecule has 0 unspecified atom stereocenters. The lowest BCUT2D eigenvalue weighted by Crippen LogP contribution is -2.30. The minimum atomic E-state index is 0.650. The van der Waals surface area contributed by atoms with Crippen LogP contribution < -0.4 is 10.6 Å². The van der Waals surface area contributed by atoms with Gasteiger partial charge in [-0.15, -0.1) is 0 Å².